The van der Waals surface area contributed by atoms with E-state index in [0.717, 1.165) is 62.9 Å². The fourth-order valence-electron chi connectivity index (χ4n) is 6.29. The van der Waals surface area contributed by atoms with Crippen LogP contribution >= 0.6 is 11.3 Å². The summed E-state index contributed by atoms with van der Waals surface area (Å²) in [5.41, 5.74) is 8.11. The van der Waals surface area contributed by atoms with Crippen molar-refractivity contribution in [2.75, 3.05) is 81.8 Å². The lowest BCUT2D eigenvalue weighted by Crippen LogP contribution is -2.47. The molecule has 16 heteroatoms. The van der Waals surface area contributed by atoms with E-state index < -0.39 is 20.1 Å². The number of ether oxygens (including phenoxy) is 1. The molecular formula is C32H39N7O6S3. The Morgan fingerprint density at radius 1 is 0.958 bits per heavy atom. The van der Waals surface area contributed by atoms with Gasteiger partial charge >= 0.3 is 0 Å². The third-order valence-corrected chi connectivity index (χ3v) is 12.6. The number of hydrazine groups is 1. The molecule has 0 atom stereocenters. The lowest BCUT2D eigenvalue weighted by atomic mass is 10.1. The maximum Gasteiger partial charge on any atom is 0.297 e. The topological polar surface area (TPSA) is 138 Å². The number of hydrogen-bond acceptors (Lipinski definition) is 13. The van der Waals surface area contributed by atoms with Gasteiger partial charge in [-0.3, -0.25) is 9.08 Å². The SMILES string of the molecule is Cc1ccc(S(=O)(=O)OCCN2NCc3c(-c4nc(N5CCOCC5)c5sc(CN6CCN(S(C)(=O)=O)CC6)cc5n4)cccc32)cc1. The minimum absolute atomic E-state index is 0.0164. The molecule has 2 saturated heterocycles. The minimum Gasteiger partial charge on any atom is -0.378 e. The van der Waals surface area contributed by atoms with Gasteiger partial charge in [0.05, 0.1) is 53.4 Å². The fraction of sp³-hybridized carbons (Fsp3) is 0.438. The van der Waals surface area contributed by atoms with E-state index in [9.17, 15) is 16.8 Å². The highest BCUT2D eigenvalue weighted by atomic mass is 32.2. The first-order valence-corrected chi connectivity index (χ1v) is 20.0. The molecule has 7 rings (SSSR count). The quantitative estimate of drug-likeness (QED) is 0.242. The Morgan fingerprint density at radius 3 is 2.44 bits per heavy atom. The highest BCUT2D eigenvalue weighted by molar-refractivity contribution is 7.88. The predicted molar refractivity (Wildman–Crippen MR) is 186 cm³/mol. The van der Waals surface area contributed by atoms with Crippen molar-refractivity contribution < 1.29 is 25.8 Å². The maximum absolute atomic E-state index is 12.7. The highest BCUT2D eigenvalue weighted by Crippen LogP contribution is 2.38. The Bertz CT molecular complexity index is 2010. The highest BCUT2D eigenvalue weighted by Gasteiger charge is 2.28. The zero-order chi connectivity index (χ0) is 33.5. The van der Waals surface area contributed by atoms with Gasteiger partial charge in [-0.25, -0.2) is 23.8 Å². The van der Waals surface area contributed by atoms with Crippen LogP contribution in [0.2, 0.25) is 0 Å². The van der Waals surface area contributed by atoms with Crippen molar-refractivity contribution >= 4 is 53.2 Å². The van der Waals surface area contributed by atoms with Crippen LogP contribution in [0, 0.1) is 6.92 Å². The molecule has 3 aliphatic rings. The molecule has 2 aromatic carbocycles. The predicted octanol–water partition coefficient (Wildman–Crippen LogP) is 2.81. The molecule has 5 heterocycles. The van der Waals surface area contributed by atoms with E-state index in [1.807, 2.05) is 30.1 Å². The maximum atomic E-state index is 12.7. The summed E-state index contributed by atoms with van der Waals surface area (Å²) in [7, 11) is -7.05. The van der Waals surface area contributed by atoms with Gasteiger partial charge < -0.3 is 14.6 Å². The number of anilines is 2. The van der Waals surface area contributed by atoms with Crippen molar-refractivity contribution in [1.29, 1.82) is 0 Å². The van der Waals surface area contributed by atoms with Gasteiger partial charge in [-0.2, -0.15) is 12.7 Å². The second-order valence-electron chi connectivity index (χ2n) is 12.2. The number of nitrogens with zero attached hydrogens (tertiary/aromatic N) is 6. The number of aryl methyl sites for hydroxylation is 1. The molecule has 13 nitrogen and oxygen atoms in total. The van der Waals surface area contributed by atoms with Crippen molar-refractivity contribution in [2.45, 2.75) is 24.9 Å². The third-order valence-electron chi connectivity index (χ3n) is 8.89. The summed E-state index contributed by atoms with van der Waals surface area (Å²) >= 11 is 1.69. The van der Waals surface area contributed by atoms with Crippen molar-refractivity contribution in [3.8, 4) is 11.4 Å². The number of rotatable bonds is 10. The van der Waals surface area contributed by atoms with Crippen LogP contribution in [0.1, 0.15) is 16.0 Å². The Morgan fingerprint density at radius 2 is 1.71 bits per heavy atom. The second-order valence-corrected chi connectivity index (χ2v) is 16.9. The lowest BCUT2D eigenvalue weighted by Gasteiger charge is -2.32. The van der Waals surface area contributed by atoms with Gasteiger partial charge in [0.2, 0.25) is 10.0 Å². The first-order valence-electron chi connectivity index (χ1n) is 16.0. The molecule has 0 spiro atoms. The van der Waals surface area contributed by atoms with Crippen LogP contribution in [0.4, 0.5) is 11.5 Å². The largest absolute Gasteiger partial charge is 0.378 e. The smallest absolute Gasteiger partial charge is 0.297 e. The number of sulfonamides is 1. The Kier molecular flexibility index (Phi) is 9.42. The first kappa shape index (κ1) is 33.3. The number of thiophene rings is 1. The van der Waals surface area contributed by atoms with E-state index in [2.05, 4.69) is 21.3 Å². The van der Waals surface area contributed by atoms with Crippen LogP contribution < -0.4 is 15.3 Å². The molecule has 1 N–H and O–H groups in total. The number of benzene rings is 2. The summed E-state index contributed by atoms with van der Waals surface area (Å²) in [6.45, 7) is 8.55. The van der Waals surface area contributed by atoms with Gasteiger partial charge in [0.15, 0.2) is 11.6 Å². The Hall–Kier alpha value is -3.22. The number of piperazine rings is 1. The minimum atomic E-state index is -3.87. The fourth-order valence-corrected chi connectivity index (χ4v) is 9.17. The zero-order valence-electron chi connectivity index (χ0n) is 27.0. The van der Waals surface area contributed by atoms with E-state index >= 15 is 0 Å². The van der Waals surface area contributed by atoms with Crippen molar-refractivity contribution in [3.05, 3.63) is 64.5 Å². The third kappa shape index (κ3) is 7.07. The van der Waals surface area contributed by atoms with Gasteiger partial charge in [-0.15, -0.1) is 11.3 Å². The number of morpholine rings is 1. The average molecular weight is 714 g/mol. The summed E-state index contributed by atoms with van der Waals surface area (Å²) in [6.07, 6.45) is 1.27. The lowest BCUT2D eigenvalue weighted by molar-refractivity contribution is 0.122. The summed E-state index contributed by atoms with van der Waals surface area (Å²) < 4.78 is 63.0. The van der Waals surface area contributed by atoms with Gasteiger partial charge in [0, 0.05) is 68.4 Å². The van der Waals surface area contributed by atoms with Gasteiger partial charge in [0.1, 0.15) is 0 Å². The molecule has 0 unspecified atom stereocenters. The first-order chi connectivity index (χ1) is 23.0. The number of hydrogen-bond donors (Lipinski definition) is 1. The Labute approximate surface area is 285 Å². The number of nitrogens with one attached hydrogen (secondary N) is 1. The van der Waals surface area contributed by atoms with Crippen LogP contribution in [-0.2, 0) is 42.2 Å². The van der Waals surface area contributed by atoms with Crippen LogP contribution in [0.3, 0.4) is 0 Å². The average Bonchev–Trinajstić information content (AvgIpc) is 3.68. The van der Waals surface area contributed by atoms with E-state index in [4.69, 9.17) is 18.9 Å². The number of aromatic nitrogens is 2. The van der Waals surface area contributed by atoms with E-state index in [1.54, 1.807) is 35.6 Å². The molecule has 0 radical (unpaired) electrons. The van der Waals surface area contributed by atoms with Gasteiger partial charge in [0.25, 0.3) is 10.1 Å². The monoisotopic (exact) mass is 713 g/mol. The molecule has 0 saturated carbocycles. The van der Waals surface area contributed by atoms with Crippen LogP contribution in [0.15, 0.2) is 53.4 Å². The van der Waals surface area contributed by atoms with E-state index in [0.29, 0.717) is 58.3 Å². The molecule has 2 fully saturated rings. The molecule has 3 aliphatic heterocycles. The summed E-state index contributed by atoms with van der Waals surface area (Å²) in [4.78, 5) is 16.1. The van der Waals surface area contributed by atoms with E-state index in [1.165, 1.54) is 10.6 Å². The molecule has 0 aliphatic carbocycles. The molecule has 48 heavy (non-hydrogen) atoms. The number of fused-ring (bicyclic) bond motifs is 2. The van der Waals surface area contributed by atoms with E-state index in [-0.39, 0.29) is 11.5 Å². The molecule has 0 amide bonds. The molecule has 2 aromatic heterocycles. The van der Waals surface area contributed by atoms with Gasteiger partial charge in [-0.1, -0.05) is 29.8 Å². The Balaban J connectivity index is 1.12. The molecule has 256 valence electrons. The van der Waals surface area contributed by atoms with Crippen LogP contribution in [0.25, 0.3) is 21.6 Å². The van der Waals surface area contributed by atoms with Crippen molar-refractivity contribution in [3.63, 3.8) is 0 Å². The zero-order valence-corrected chi connectivity index (χ0v) is 29.4. The summed E-state index contributed by atoms with van der Waals surface area (Å²) in [5, 5.41) is 1.91. The standard InChI is InChI=1S/C32H39N7O6S3/c1-23-6-8-25(9-7-23)48(42,43)45-19-16-39-29-5-3-4-26(27(29)21-33-39)31-34-28-20-24(22-36-10-12-38(13-11-36)47(2,40)41)46-30(28)32(35-31)37-14-17-44-18-15-37/h3-9,20,33H,10-19,21-22H2,1-2H3. The van der Waals surface area contributed by atoms with Crippen molar-refractivity contribution in [2.24, 2.45) is 0 Å². The molecule has 0 bridgehead atoms. The molecule has 4 aromatic rings. The van der Waals surface area contributed by atoms with Crippen LogP contribution in [0.5, 0.6) is 0 Å². The van der Waals surface area contributed by atoms with Gasteiger partial charge in [-0.05, 0) is 31.2 Å². The second kappa shape index (κ2) is 13.6. The van der Waals surface area contributed by atoms with Crippen LogP contribution in [-0.4, -0.2) is 108 Å². The van der Waals surface area contributed by atoms with Crippen molar-refractivity contribution in [1.82, 2.24) is 24.6 Å². The summed E-state index contributed by atoms with van der Waals surface area (Å²) in [5.74, 6) is 1.53. The summed E-state index contributed by atoms with van der Waals surface area (Å²) in [6, 6.07) is 14.7. The molecular weight excluding hydrogens is 675 g/mol. The normalized spacial score (nSPS) is 18.1.